The van der Waals surface area contributed by atoms with Crippen LogP contribution in [0.15, 0.2) is 54.6 Å². The van der Waals surface area contributed by atoms with Crippen molar-refractivity contribution in [2.24, 2.45) is 0 Å². The molecule has 1 unspecified atom stereocenters. The monoisotopic (exact) mass is 452 g/mol. The highest BCUT2D eigenvalue weighted by molar-refractivity contribution is 5.97. The van der Waals surface area contributed by atoms with E-state index in [4.69, 9.17) is 9.72 Å². The average molecular weight is 453 g/mol. The van der Waals surface area contributed by atoms with Crippen LogP contribution >= 0.6 is 0 Å². The van der Waals surface area contributed by atoms with Crippen LogP contribution in [-0.2, 0) is 6.54 Å². The zero-order chi connectivity index (χ0) is 23.1. The van der Waals surface area contributed by atoms with Crippen LogP contribution in [0.2, 0.25) is 0 Å². The van der Waals surface area contributed by atoms with Crippen molar-refractivity contribution in [2.75, 3.05) is 13.7 Å². The number of hydrogen-bond donors (Lipinski definition) is 2. The number of hydrogen-bond acceptors (Lipinski definition) is 5. The van der Waals surface area contributed by atoms with E-state index in [2.05, 4.69) is 68.6 Å². The van der Waals surface area contributed by atoms with Gasteiger partial charge in [0, 0.05) is 22.6 Å². The van der Waals surface area contributed by atoms with Gasteiger partial charge in [-0.2, -0.15) is 10.2 Å². The molecule has 0 saturated carbocycles. The van der Waals surface area contributed by atoms with E-state index >= 15 is 0 Å². The van der Waals surface area contributed by atoms with Crippen LogP contribution < -0.4 is 4.74 Å². The minimum atomic E-state index is 0.593. The van der Waals surface area contributed by atoms with E-state index < -0.39 is 0 Å². The Balaban J connectivity index is 1.32. The summed E-state index contributed by atoms with van der Waals surface area (Å²) in [5.41, 5.74) is 3.96. The van der Waals surface area contributed by atoms with Crippen LogP contribution in [0.4, 0.5) is 0 Å². The third-order valence-corrected chi connectivity index (χ3v) is 6.97. The third kappa shape index (κ3) is 3.82. The van der Waals surface area contributed by atoms with E-state index in [9.17, 15) is 0 Å². The lowest BCUT2D eigenvalue weighted by Gasteiger charge is -2.32. The first-order valence-corrected chi connectivity index (χ1v) is 11.9. The SMILES string of the molecule is COc1ccc2cc(-c3n[nH]c4ccc(-c5n[nH]c(CN6CCCCC6C)n5)cc34)ccc2c1. The quantitative estimate of drug-likeness (QED) is 0.365. The zero-order valence-corrected chi connectivity index (χ0v) is 19.5. The average Bonchev–Trinajstić information content (AvgIpc) is 3.51. The molecule has 5 aromatic rings. The van der Waals surface area contributed by atoms with Crippen LogP contribution in [0, 0.1) is 0 Å². The second kappa shape index (κ2) is 8.57. The second-order valence-corrected chi connectivity index (χ2v) is 9.18. The molecular weight excluding hydrogens is 424 g/mol. The molecule has 3 aromatic carbocycles. The molecule has 2 aromatic heterocycles. The van der Waals surface area contributed by atoms with Crippen LogP contribution in [0.5, 0.6) is 5.75 Å². The highest BCUT2D eigenvalue weighted by Crippen LogP contribution is 2.32. The summed E-state index contributed by atoms with van der Waals surface area (Å²) in [5, 5.41) is 18.8. The number of fused-ring (bicyclic) bond motifs is 2. The molecule has 34 heavy (non-hydrogen) atoms. The molecule has 1 aliphatic heterocycles. The molecular formula is C27H28N6O. The molecule has 6 rings (SSSR count). The molecule has 2 N–H and O–H groups in total. The Hall–Kier alpha value is -3.71. The standard InChI is InChI=1S/C27H28N6O/c1-17-5-3-4-12-33(17)16-25-28-27(32-30-25)21-9-11-24-23(15-21)26(31-29-24)20-7-6-19-14-22(34-2)10-8-18(19)13-20/h6-11,13-15,17H,3-5,12,16H2,1-2H3,(H,29,31)(H,28,30,32). The summed E-state index contributed by atoms with van der Waals surface area (Å²) >= 11 is 0. The normalized spacial score (nSPS) is 16.9. The van der Waals surface area contributed by atoms with E-state index in [-0.39, 0.29) is 0 Å². The summed E-state index contributed by atoms with van der Waals surface area (Å²) < 4.78 is 5.35. The first-order chi connectivity index (χ1) is 16.7. The Morgan fingerprint density at radius 3 is 2.68 bits per heavy atom. The highest BCUT2D eigenvalue weighted by Gasteiger charge is 2.20. The fourth-order valence-electron chi connectivity index (χ4n) is 4.95. The Morgan fingerprint density at radius 2 is 1.79 bits per heavy atom. The van der Waals surface area contributed by atoms with E-state index in [1.165, 1.54) is 19.3 Å². The van der Waals surface area contributed by atoms with E-state index in [0.29, 0.717) is 6.04 Å². The number of aromatic nitrogens is 5. The first kappa shape index (κ1) is 20.9. The van der Waals surface area contributed by atoms with Crippen LogP contribution in [0.1, 0.15) is 32.0 Å². The van der Waals surface area contributed by atoms with Crippen LogP contribution in [0.3, 0.4) is 0 Å². The maximum atomic E-state index is 5.35. The number of H-pyrrole nitrogens is 2. The second-order valence-electron chi connectivity index (χ2n) is 9.18. The molecule has 0 amide bonds. The van der Waals surface area contributed by atoms with Crippen LogP contribution in [0.25, 0.3) is 44.3 Å². The van der Waals surface area contributed by atoms with E-state index in [0.717, 1.165) is 69.0 Å². The Labute approximate surface area is 198 Å². The number of nitrogens with zero attached hydrogens (tertiary/aromatic N) is 4. The summed E-state index contributed by atoms with van der Waals surface area (Å²) in [4.78, 5) is 7.30. The summed E-state index contributed by atoms with van der Waals surface area (Å²) in [6.45, 7) is 4.24. The molecule has 0 radical (unpaired) electrons. The number of likely N-dealkylation sites (tertiary alicyclic amines) is 1. The molecule has 7 heteroatoms. The highest BCUT2D eigenvalue weighted by atomic mass is 16.5. The summed E-state index contributed by atoms with van der Waals surface area (Å²) in [5.74, 6) is 2.50. The first-order valence-electron chi connectivity index (χ1n) is 11.9. The summed E-state index contributed by atoms with van der Waals surface area (Å²) in [6, 6.07) is 19.3. The minimum absolute atomic E-state index is 0.593. The Bertz CT molecular complexity index is 1470. The molecule has 1 saturated heterocycles. The number of ether oxygens (including phenoxy) is 1. The predicted octanol–water partition coefficient (Wildman–Crippen LogP) is 5.55. The molecule has 3 heterocycles. The lowest BCUT2D eigenvalue weighted by molar-refractivity contribution is 0.149. The topological polar surface area (TPSA) is 82.7 Å². The molecule has 0 spiro atoms. The lowest BCUT2D eigenvalue weighted by atomic mass is 10.0. The van der Waals surface area contributed by atoms with Gasteiger partial charge < -0.3 is 4.74 Å². The van der Waals surface area contributed by atoms with Crippen molar-refractivity contribution in [1.82, 2.24) is 30.3 Å². The fourth-order valence-corrected chi connectivity index (χ4v) is 4.95. The van der Waals surface area contributed by atoms with Crippen molar-refractivity contribution in [3.63, 3.8) is 0 Å². The van der Waals surface area contributed by atoms with Gasteiger partial charge in [0.1, 0.15) is 11.6 Å². The Kier molecular flexibility index (Phi) is 5.26. The number of nitrogens with one attached hydrogen (secondary N) is 2. The number of rotatable bonds is 5. The van der Waals surface area contributed by atoms with Gasteiger partial charge in [-0.3, -0.25) is 15.1 Å². The minimum Gasteiger partial charge on any atom is -0.497 e. The molecule has 172 valence electrons. The molecule has 1 fully saturated rings. The van der Waals surface area contributed by atoms with Crippen molar-refractivity contribution in [1.29, 1.82) is 0 Å². The zero-order valence-electron chi connectivity index (χ0n) is 19.5. The van der Waals surface area contributed by atoms with E-state index in [1.807, 2.05) is 18.2 Å². The van der Waals surface area contributed by atoms with Gasteiger partial charge in [0.25, 0.3) is 0 Å². The lowest BCUT2D eigenvalue weighted by Crippen LogP contribution is -2.37. The molecule has 1 atom stereocenters. The van der Waals surface area contributed by atoms with Gasteiger partial charge in [0.15, 0.2) is 5.82 Å². The Morgan fingerprint density at radius 1 is 0.941 bits per heavy atom. The molecule has 0 aliphatic carbocycles. The van der Waals surface area contributed by atoms with Crippen molar-refractivity contribution >= 4 is 21.7 Å². The maximum absolute atomic E-state index is 5.35. The summed E-state index contributed by atoms with van der Waals surface area (Å²) in [6.07, 6.45) is 3.83. The van der Waals surface area contributed by atoms with Crippen molar-refractivity contribution < 1.29 is 4.74 Å². The van der Waals surface area contributed by atoms with Crippen molar-refractivity contribution in [3.05, 3.63) is 60.4 Å². The number of benzene rings is 3. The van der Waals surface area contributed by atoms with Crippen molar-refractivity contribution in [3.8, 4) is 28.4 Å². The molecule has 0 bridgehead atoms. The van der Waals surface area contributed by atoms with Gasteiger partial charge in [-0.05, 0) is 73.5 Å². The predicted molar refractivity (Wildman–Crippen MR) is 135 cm³/mol. The van der Waals surface area contributed by atoms with Gasteiger partial charge in [-0.25, -0.2) is 4.98 Å². The smallest absolute Gasteiger partial charge is 0.181 e. The van der Waals surface area contributed by atoms with Gasteiger partial charge in [0.2, 0.25) is 0 Å². The van der Waals surface area contributed by atoms with Gasteiger partial charge in [-0.1, -0.05) is 24.6 Å². The fraction of sp³-hybridized carbons (Fsp3) is 0.296. The number of methoxy groups -OCH3 is 1. The van der Waals surface area contributed by atoms with Gasteiger partial charge >= 0.3 is 0 Å². The number of aromatic amines is 2. The maximum Gasteiger partial charge on any atom is 0.181 e. The largest absolute Gasteiger partial charge is 0.497 e. The third-order valence-electron chi connectivity index (χ3n) is 6.97. The van der Waals surface area contributed by atoms with Crippen LogP contribution in [-0.4, -0.2) is 50.0 Å². The van der Waals surface area contributed by atoms with E-state index in [1.54, 1.807) is 7.11 Å². The van der Waals surface area contributed by atoms with Crippen molar-refractivity contribution in [2.45, 2.75) is 38.8 Å². The molecule has 1 aliphatic rings. The molecule has 7 nitrogen and oxygen atoms in total. The van der Waals surface area contributed by atoms with Gasteiger partial charge in [-0.15, -0.1) is 0 Å². The number of piperidine rings is 1. The summed E-state index contributed by atoms with van der Waals surface area (Å²) in [7, 11) is 1.69. The van der Waals surface area contributed by atoms with Gasteiger partial charge in [0.05, 0.1) is 24.9 Å².